The molecule has 14 heavy (non-hydrogen) atoms. The number of anilines is 1. The molecule has 0 atom stereocenters. The van der Waals surface area contributed by atoms with Gasteiger partial charge in [0.1, 0.15) is 13.2 Å². The minimum atomic E-state index is 0.428. The topological polar surface area (TPSA) is 30.5 Å². The number of nitrogens with one attached hydrogen (secondary N) is 1. The van der Waals surface area contributed by atoms with Crippen LogP contribution in [0.5, 0.6) is 11.5 Å². The lowest BCUT2D eigenvalue weighted by atomic mass is 10.2. The Labute approximate surface area is 84.0 Å². The van der Waals surface area contributed by atoms with Crippen LogP contribution >= 0.6 is 0 Å². The summed E-state index contributed by atoms with van der Waals surface area (Å²) in [6, 6.07) is 6.36. The number of fused-ring (bicyclic) bond motifs is 1. The van der Waals surface area contributed by atoms with Crippen LogP contribution in [0.4, 0.5) is 5.69 Å². The highest BCUT2D eigenvalue weighted by atomic mass is 16.6. The van der Waals surface area contributed by atoms with Gasteiger partial charge in [0.05, 0.1) is 0 Å². The second kappa shape index (κ2) is 3.78. The molecule has 0 spiro atoms. The van der Waals surface area contributed by atoms with Crippen molar-refractivity contribution in [3.63, 3.8) is 0 Å². The van der Waals surface area contributed by atoms with Crippen LogP contribution < -0.4 is 14.8 Å². The monoisotopic (exact) mass is 193 g/mol. The first-order valence-electron chi connectivity index (χ1n) is 4.92. The largest absolute Gasteiger partial charge is 0.486 e. The SMILES string of the molecule is CC(C)Nc1ccc2c(c1)OCCO2. The highest BCUT2D eigenvalue weighted by molar-refractivity contribution is 5.55. The normalized spacial score (nSPS) is 14.2. The van der Waals surface area contributed by atoms with Gasteiger partial charge in [0, 0.05) is 17.8 Å². The molecular formula is C11H15NO2. The molecule has 0 aliphatic carbocycles. The van der Waals surface area contributed by atoms with Gasteiger partial charge in [0.15, 0.2) is 11.5 Å². The van der Waals surface area contributed by atoms with Crippen LogP contribution in [0.1, 0.15) is 13.8 Å². The summed E-state index contributed by atoms with van der Waals surface area (Å²) < 4.78 is 10.9. The van der Waals surface area contributed by atoms with Gasteiger partial charge in [-0.3, -0.25) is 0 Å². The van der Waals surface area contributed by atoms with Crippen LogP contribution in [0.15, 0.2) is 18.2 Å². The predicted molar refractivity (Wildman–Crippen MR) is 56.2 cm³/mol. The van der Waals surface area contributed by atoms with Crippen molar-refractivity contribution < 1.29 is 9.47 Å². The summed E-state index contributed by atoms with van der Waals surface area (Å²) in [6.45, 7) is 5.50. The molecule has 1 heterocycles. The summed E-state index contributed by atoms with van der Waals surface area (Å²) in [5.74, 6) is 1.67. The molecule has 0 aromatic heterocycles. The van der Waals surface area contributed by atoms with E-state index in [9.17, 15) is 0 Å². The molecule has 1 N–H and O–H groups in total. The van der Waals surface area contributed by atoms with E-state index in [0.29, 0.717) is 19.3 Å². The van der Waals surface area contributed by atoms with Crippen LogP contribution in [0.2, 0.25) is 0 Å². The summed E-state index contributed by atoms with van der Waals surface area (Å²) in [4.78, 5) is 0. The van der Waals surface area contributed by atoms with Crippen molar-refractivity contribution in [3.05, 3.63) is 18.2 Å². The summed E-state index contributed by atoms with van der Waals surface area (Å²) in [6.07, 6.45) is 0. The zero-order valence-electron chi connectivity index (χ0n) is 8.54. The van der Waals surface area contributed by atoms with E-state index in [1.807, 2.05) is 18.2 Å². The summed E-state index contributed by atoms with van der Waals surface area (Å²) in [5, 5.41) is 3.32. The minimum absolute atomic E-state index is 0.428. The first kappa shape index (κ1) is 9.19. The maximum Gasteiger partial charge on any atom is 0.163 e. The molecule has 1 aliphatic heterocycles. The Balaban J connectivity index is 2.20. The number of rotatable bonds is 2. The summed E-state index contributed by atoms with van der Waals surface area (Å²) in [5.41, 5.74) is 1.07. The fourth-order valence-electron chi connectivity index (χ4n) is 1.47. The molecule has 3 heteroatoms. The second-order valence-corrected chi connectivity index (χ2v) is 3.66. The van der Waals surface area contributed by atoms with E-state index < -0.39 is 0 Å². The first-order chi connectivity index (χ1) is 6.75. The minimum Gasteiger partial charge on any atom is -0.486 e. The predicted octanol–water partition coefficient (Wildman–Crippen LogP) is 2.28. The highest BCUT2D eigenvalue weighted by Gasteiger charge is 2.11. The van der Waals surface area contributed by atoms with E-state index in [1.165, 1.54) is 0 Å². The first-order valence-corrected chi connectivity index (χ1v) is 4.92. The van der Waals surface area contributed by atoms with Crippen molar-refractivity contribution in [2.45, 2.75) is 19.9 Å². The number of benzene rings is 1. The quantitative estimate of drug-likeness (QED) is 0.781. The molecule has 0 amide bonds. The molecule has 0 radical (unpaired) electrons. The van der Waals surface area contributed by atoms with Crippen molar-refractivity contribution in [1.29, 1.82) is 0 Å². The van der Waals surface area contributed by atoms with E-state index in [1.54, 1.807) is 0 Å². The van der Waals surface area contributed by atoms with Crippen LogP contribution in [0.3, 0.4) is 0 Å². The van der Waals surface area contributed by atoms with Gasteiger partial charge in [-0.1, -0.05) is 0 Å². The average Bonchev–Trinajstić information content (AvgIpc) is 2.17. The smallest absolute Gasteiger partial charge is 0.163 e. The molecule has 2 rings (SSSR count). The molecule has 0 bridgehead atoms. The van der Waals surface area contributed by atoms with Gasteiger partial charge in [-0.05, 0) is 26.0 Å². The second-order valence-electron chi connectivity index (χ2n) is 3.66. The van der Waals surface area contributed by atoms with E-state index in [-0.39, 0.29) is 0 Å². The maximum absolute atomic E-state index is 5.48. The Morgan fingerprint density at radius 3 is 2.57 bits per heavy atom. The summed E-state index contributed by atoms with van der Waals surface area (Å²) >= 11 is 0. The van der Waals surface area contributed by atoms with Crippen LogP contribution in [-0.4, -0.2) is 19.3 Å². The molecule has 1 aromatic carbocycles. The lowest BCUT2D eigenvalue weighted by Gasteiger charge is -2.19. The number of ether oxygens (including phenoxy) is 2. The van der Waals surface area contributed by atoms with Gasteiger partial charge in [0.25, 0.3) is 0 Å². The number of hydrogen-bond donors (Lipinski definition) is 1. The maximum atomic E-state index is 5.48. The molecule has 1 aromatic rings. The molecule has 0 saturated carbocycles. The fourth-order valence-corrected chi connectivity index (χ4v) is 1.47. The van der Waals surface area contributed by atoms with Gasteiger partial charge >= 0.3 is 0 Å². The van der Waals surface area contributed by atoms with Gasteiger partial charge < -0.3 is 14.8 Å². The van der Waals surface area contributed by atoms with Crippen molar-refractivity contribution in [1.82, 2.24) is 0 Å². The third kappa shape index (κ3) is 1.92. The van der Waals surface area contributed by atoms with Crippen LogP contribution in [-0.2, 0) is 0 Å². The Hall–Kier alpha value is -1.38. The molecule has 0 unspecified atom stereocenters. The molecule has 76 valence electrons. The Kier molecular flexibility index (Phi) is 2.48. The van der Waals surface area contributed by atoms with Crippen molar-refractivity contribution in [2.75, 3.05) is 18.5 Å². The van der Waals surface area contributed by atoms with Crippen LogP contribution in [0.25, 0.3) is 0 Å². The third-order valence-corrected chi connectivity index (χ3v) is 2.00. The van der Waals surface area contributed by atoms with E-state index in [2.05, 4.69) is 19.2 Å². The van der Waals surface area contributed by atoms with E-state index >= 15 is 0 Å². The van der Waals surface area contributed by atoms with Crippen molar-refractivity contribution >= 4 is 5.69 Å². The zero-order chi connectivity index (χ0) is 9.97. The van der Waals surface area contributed by atoms with Gasteiger partial charge in [-0.2, -0.15) is 0 Å². The van der Waals surface area contributed by atoms with Crippen molar-refractivity contribution in [2.24, 2.45) is 0 Å². The van der Waals surface area contributed by atoms with Gasteiger partial charge in [-0.15, -0.1) is 0 Å². The highest BCUT2D eigenvalue weighted by Crippen LogP contribution is 2.32. The van der Waals surface area contributed by atoms with Crippen molar-refractivity contribution in [3.8, 4) is 11.5 Å². The summed E-state index contributed by atoms with van der Waals surface area (Å²) in [7, 11) is 0. The molecule has 1 aliphatic rings. The van der Waals surface area contributed by atoms with Crippen LogP contribution in [0, 0.1) is 0 Å². The van der Waals surface area contributed by atoms with E-state index in [0.717, 1.165) is 17.2 Å². The molecule has 0 fully saturated rings. The molecule has 3 nitrogen and oxygen atoms in total. The fraction of sp³-hybridized carbons (Fsp3) is 0.455. The molecule has 0 saturated heterocycles. The third-order valence-electron chi connectivity index (χ3n) is 2.00. The van der Waals surface area contributed by atoms with Gasteiger partial charge in [0.2, 0.25) is 0 Å². The Bertz CT molecular complexity index is 323. The average molecular weight is 193 g/mol. The lowest BCUT2D eigenvalue weighted by molar-refractivity contribution is 0.171. The van der Waals surface area contributed by atoms with E-state index in [4.69, 9.17) is 9.47 Å². The Morgan fingerprint density at radius 2 is 1.86 bits per heavy atom. The molecular weight excluding hydrogens is 178 g/mol. The zero-order valence-corrected chi connectivity index (χ0v) is 8.54. The standard InChI is InChI=1S/C11H15NO2/c1-8(2)12-9-3-4-10-11(7-9)14-6-5-13-10/h3-4,7-8,12H,5-6H2,1-2H3. The number of hydrogen-bond acceptors (Lipinski definition) is 3. The Morgan fingerprint density at radius 1 is 1.14 bits per heavy atom. The van der Waals surface area contributed by atoms with Gasteiger partial charge in [-0.25, -0.2) is 0 Å². The lowest BCUT2D eigenvalue weighted by Crippen LogP contribution is -2.16.